The molecule has 0 aromatic carbocycles. The van der Waals surface area contributed by atoms with Crippen LogP contribution in [0.4, 0.5) is 5.82 Å². The minimum atomic E-state index is -0.0242. The first-order chi connectivity index (χ1) is 11.3. The Morgan fingerprint density at radius 2 is 2.09 bits per heavy atom. The highest BCUT2D eigenvalue weighted by Gasteiger charge is 2.23. The van der Waals surface area contributed by atoms with E-state index in [1.54, 1.807) is 36.3 Å². The predicted molar refractivity (Wildman–Crippen MR) is 86.2 cm³/mol. The summed E-state index contributed by atoms with van der Waals surface area (Å²) in [6, 6.07) is 5.66. The molecule has 7 nitrogen and oxygen atoms in total. The lowest BCUT2D eigenvalue weighted by Crippen LogP contribution is -2.33. The van der Waals surface area contributed by atoms with E-state index < -0.39 is 0 Å². The average Bonchev–Trinajstić information content (AvgIpc) is 2.57. The summed E-state index contributed by atoms with van der Waals surface area (Å²) in [4.78, 5) is 20.4. The Labute approximate surface area is 134 Å². The van der Waals surface area contributed by atoms with E-state index in [9.17, 15) is 4.79 Å². The monoisotopic (exact) mass is 315 g/mol. The number of rotatable bonds is 5. The van der Waals surface area contributed by atoms with E-state index in [1.807, 2.05) is 6.07 Å². The summed E-state index contributed by atoms with van der Waals surface area (Å²) in [5.41, 5.74) is -0.0242. The second-order valence-electron chi connectivity index (χ2n) is 5.75. The van der Waals surface area contributed by atoms with Crippen LogP contribution in [0.3, 0.4) is 0 Å². The topological polar surface area (TPSA) is 81.9 Å². The quantitative estimate of drug-likeness (QED) is 0.905. The van der Waals surface area contributed by atoms with E-state index in [2.05, 4.69) is 20.4 Å². The standard InChI is InChI=1S/C16H21N5O2/c1-23-11-15-17-10-8-14(20-15)19-12-4-6-13(7-5-12)21-16(22)3-2-9-18-21/h2-3,8-10,12-13H,4-7,11H2,1H3,(H,17,19,20). The first kappa shape index (κ1) is 15.6. The molecule has 0 spiro atoms. The highest BCUT2D eigenvalue weighted by molar-refractivity contribution is 5.34. The maximum atomic E-state index is 11.8. The molecule has 0 radical (unpaired) electrons. The number of hydrogen-bond donors (Lipinski definition) is 1. The van der Waals surface area contributed by atoms with Crippen LogP contribution in [0.15, 0.2) is 35.4 Å². The van der Waals surface area contributed by atoms with Gasteiger partial charge in [0.15, 0.2) is 5.82 Å². The van der Waals surface area contributed by atoms with E-state index in [0.717, 1.165) is 31.5 Å². The maximum Gasteiger partial charge on any atom is 0.266 e. The molecule has 0 bridgehead atoms. The summed E-state index contributed by atoms with van der Waals surface area (Å²) in [7, 11) is 1.63. The van der Waals surface area contributed by atoms with Gasteiger partial charge in [0.05, 0.1) is 6.04 Å². The van der Waals surface area contributed by atoms with Crippen molar-refractivity contribution >= 4 is 5.82 Å². The van der Waals surface area contributed by atoms with Gasteiger partial charge in [-0.15, -0.1) is 0 Å². The van der Waals surface area contributed by atoms with Gasteiger partial charge < -0.3 is 10.1 Å². The van der Waals surface area contributed by atoms with Crippen molar-refractivity contribution in [2.45, 2.75) is 44.4 Å². The van der Waals surface area contributed by atoms with Gasteiger partial charge in [-0.25, -0.2) is 14.6 Å². The lowest BCUT2D eigenvalue weighted by molar-refractivity contribution is 0.178. The molecule has 1 aliphatic rings. The zero-order valence-corrected chi connectivity index (χ0v) is 13.2. The molecule has 7 heteroatoms. The fourth-order valence-corrected chi connectivity index (χ4v) is 3.00. The smallest absolute Gasteiger partial charge is 0.266 e. The van der Waals surface area contributed by atoms with Crippen molar-refractivity contribution in [3.8, 4) is 0 Å². The molecule has 0 saturated heterocycles. The Hall–Kier alpha value is -2.28. The number of nitrogens with one attached hydrogen (secondary N) is 1. The lowest BCUT2D eigenvalue weighted by Gasteiger charge is -2.29. The fourth-order valence-electron chi connectivity index (χ4n) is 3.00. The van der Waals surface area contributed by atoms with Gasteiger partial charge >= 0.3 is 0 Å². The molecule has 2 aromatic rings. The van der Waals surface area contributed by atoms with Crippen LogP contribution in [0.5, 0.6) is 0 Å². The van der Waals surface area contributed by atoms with E-state index in [-0.39, 0.29) is 11.6 Å². The van der Waals surface area contributed by atoms with E-state index in [1.165, 1.54) is 0 Å². The predicted octanol–water partition coefficient (Wildman–Crippen LogP) is 1.78. The summed E-state index contributed by atoms with van der Waals surface area (Å²) in [6.07, 6.45) is 7.25. The average molecular weight is 315 g/mol. The molecule has 1 N–H and O–H groups in total. The molecular formula is C16H21N5O2. The zero-order valence-electron chi connectivity index (χ0n) is 13.2. The minimum Gasteiger partial charge on any atom is -0.377 e. The molecule has 0 unspecified atom stereocenters. The van der Waals surface area contributed by atoms with Gasteiger partial charge in [-0.1, -0.05) is 0 Å². The highest BCUT2D eigenvalue weighted by atomic mass is 16.5. The van der Waals surface area contributed by atoms with Crippen molar-refractivity contribution in [1.29, 1.82) is 0 Å². The molecule has 2 aromatic heterocycles. The van der Waals surface area contributed by atoms with Crippen LogP contribution >= 0.6 is 0 Å². The van der Waals surface area contributed by atoms with Crippen molar-refractivity contribution in [2.75, 3.05) is 12.4 Å². The van der Waals surface area contributed by atoms with Gasteiger partial charge in [0.2, 0.25) is 0 Å². The van der Waals surface area contributed by atoms with Gasteiger partial charge in [0.25, 0.3) is 5.56 Å². The van der Waals surface area contributed by atoms with Gasteiger partial charge in [-0.2, -0.15) is 5.10 Å². The molecule has 1 saturated carbocycles. The third-order valence-electron chi connectivity index (χ3n) is 4.12. The molecule has 122 valence electrons. The Kier molecular flexibility index (Phi) is 4.97. The first-order valence-corrected chi connectivity index (χ1v) is 7.87. The van der Waals surface area contributed by atoms with Crippen LogP contribution in [0.1, 0.15) is 37.5 Å². The number of nitrogens with zero attached hydrogens (tertiary/aromatic N) is 4. The highest BCUT2D eigenvalue weighted by Crippen LogP contribution is 2.28. The molecule has 2 heterocycles. The van der Waals surface area contributed by atoms with Crippen molar-refractivity contribution in [3.63, 3.8) is 0 Å². The van der Waals surface area contributed by atoms with Crippen LogP contribution in [-0.2, 0) is 11.3 Å². The summed E-state index contributed by atoms with van der Waals surface area (Å²) >= 11 is 0. The summed E-state index contributed by atoms with van der Waals surface area (Å²) in [5.74, 6) is 1.50. The van der Waals surface area contributed by atoms with Gasteiger partial charge in [-0.3, -0.25) is 4.79 Å². The Morgan fingerprint density at radius 1 is 1.26 bits per heavy atom. The number of hydrogen-bond acceptors (Lipinski definition) is 6. The van der Waals surface area contributed by atoms with E-state index in [4.69, 9.17) is 4.74 Å². The molecule has 3 rings (SSSR count). The van der Waals surface area contributed by atoms with Crippen LogP contribution in [0.25, 0.3) is 0 Å². The third kappa shape index (κ3) is 3.92. The lowest BCUT2D eigenvalue weighted by atomic mass is 9.91. The molecule has 1 fully saturated rings. The molecular weight excluding hydrogens is 294 g/mol. The Morgan fingerprint density at radius 3 is 2.83 bits per heavy atom. The normalized spacial score (nSPS) is 21.1. The first-order valence-electron chi connectivity index (χ1n) is 7.87. The fraction of sp³-hybridized carbons (Fsp3) is 0.500. The Bertz CT molecular complexity index is 695. The number of aromatic nitrogens is 4. The van der Waals surface area contributed by atoms with Gasteiger partial charge in [0, 0.05) is 31.6 Å². The Balaban J connectivity index is 1.58. The summed E-state index contributed by atoms with van der Waals surface area (Å²) in [6.45, 7) is 0.408. The van der Waals surface area contributed by atoms with Gasteiger partial charge in [0.1, 0.15) is 12.4 Å². The van der Waals surface area contributed by atoms with Crippen molar-refractivity contribution < 1.29 is 4.74 Å². The second kappa shape index (κ2) is 7.32. The van der Waals surface area contributed by atoms with E-state index in [0.29, 0.717) is 18.5 Å². The zero-order chi connectivity index (χ0) is 16.1. The largest absolute Gasteiger partial charge is 0.377 e. The maximum absolute atomic E-state index is 11.8. The van der Waals surface area contributed by atoms with Crippen molar-refractivity contribution in [1.82, 2.24) is 19.7 Å². The molecule has 0 amide bonds. The summed E-state index contributed by atoms with van der Waals surface area (Å²) < 4.78 is 6.66. The van der Waals surface area contributed by atoms with E-state index >= 15 is 0 Å². The SMILES string of the molecule is COCc1nccc(NC2CCC(n3ncccc3=O)CC2)n1. The summed E-state index contributed by atoms with van der Waals surface area (Å²) in [5, 5.41) is 7.64. The second-order valence-corrected chi connectivity index (χ2v) is 5.75. The molecule has 1 aliphatic carbocycles. The molecule has 0 atom stereocenters. The van der Waals surface area contributed by atoms with Crippen LogP contribution < -0.4 is 10.9 Å². The molecule has 23 heavy (non-hydrogen) atoms. The van der Waals surface area contributed by atoms with Crippen LogP contribution in [0, 0.1) is 0 Å². The number of ether oxygens (including phenoxy) is 1. The third-order valence-corrected chi connectivity index (χ3v) is 4.12. The van der Waals surface area contributed by atoms with Crippen LogP contribution in [-0.4, -0.2) is 32.9 Å². The number of methoxy groups -OCH3 is 1. The van der Waals surface area contributed by atoms with Crippen molar-refractivity contribution in [3.05, 3.63) is 46.8 Å². The van der Waals surface area contributed by atoms with Crippen molar-refractivity contribution in [2.24, 2.45) is 0 Å². The molecule has 0 aliphatic heterocycles. The number of anilines is 1. The van der Waals surface area contributed by atoms with Crippen LogP contribution in [0.2, 0.25) is 0 Å². The van der Waals surface area contributed by atoms with Gasteiger partial charge in [-0.05, 0) is 37.8 Å². The minimum absolute atomic E-state index is 0.0242.